The molecule has 2 aromatic carbocycles. The quantitative estimate of drug-likeness (QED) is 0.580. The zero-order valence-electron chi connectivity index (χ0n) is 13.0. The Labute approximate surface area is 131 Å². The van der Waals surface area contributed by atoms with Crippen molar-refractivity contribution in [2.45, 2.75) is 18.8 Å². The van der Waals surface area contributed by atoms with Crippen LogP contribution in [0.4, 0.5) is 0 Å². The fraction of sp³-hybridized carbons (Fsp3) is 0.238. The van der Waals surface area contributed by atoms with E-state index in [-0.39, 0.29) is 5.41 Å². The Balaban J connectivity index is 1.58. The van der Waals surface area contributed by atoms with Gasteiger partial charge in [0.25, 0.3) is 0 Å². The lowest BCUT2D eigenvalue weighted by Gasteiger charge is -2.08. The van der Waals surface area contributed by atoms with Crippen LogP contribution in [0, 0.1) is 17.8 Å². The Morgan fingerprint density at radius 1 is 1.09 bits per heavy atom. The summed E-state index contributed by atoms with van der Waals surface area (Å²) in [5, 5.41) is 1.26. The van der Waals surface area contributed by atoms with Gasteiger partial charge in [0.1, 0.15) is 0 Å². The number of aromatic nitrogens is 1. The molecule has 3 aromatic rings. The smallest absolute Gasteiger partial charge is 0.0478 e. The summed E-state index contributed by atoms with van der Waals surface area (Å²) in [6.45, 7) is 2.32. The van der Waals surface area contributed by atoms with E-state index in [9.17, 15) is 0 Å². The van der Waals surface area contributed by atoms with Crippen molar-refractivity contribution in [3.05, 3.63) is 71.9 Å². The summed E-state index contributed by atoms with van der Waals surface area (Å²) in [4.78, 5) is 0. The largest absolute Gasteiger partial charge is 0.351 e. The molecule has 0 amide bonds. The highest BCUT2D eigenvalue weighted by molar-refractivity contribution is 5.81. The second kappa shape index (κ2) is 4.78. The Kier molecular flexibility index (Phi) is 2.87. The highest BCUT2D eigenvalue weighted by Crippen LogP contribution is 2.53. The van der Waals surface area contributed by atoms with Crippen LogP contribution in [0.25, 0.3) is 10.9 Å². The first-order valence-corrected chi connectivity index (χ1v) is 7.79. The minimum Gasteiger partial charge on any atom is -0.351 e. The molecule has 1 nitrogen and oxygen atoms in total. The van der Waals surface area contributed by atoms with Gasteiger partial charge in [-0.2, -0.15) is 0 Å². The van der Waals surface area contributed by atoms with Crippen molar-refractivity contribution < 1.29 is 0 Å². The number of aryl methyl sites for hydroxylation is 1. The number of benzene rings is 2. The summed E-state index contributed by atoms with van der Waals surface area (Å²) < 4.78 is 2.14. The van der Waals surface area contributed by atoms with E-state index in [1.807, 2.05) is 0 Å². The van der Waals surface area contributed by atoms with Gasteiger partial charge in [0, 0.05) is 41.0 Å². The second-order valence-electron chi connectivity index (χ2n) is 6.51. The molecule has 1 heterocycles. The van der Waals surface area contributed by atoms with Crippen LogP contribution in [0.1, 0.15) is 24.5 Å². The average molecular weight is 285 g/mol. The van der Waals surface area contributed by atoms with Crippen LogP contribution in [-0.4, -0.2) is 4.57 Å². The van der Waals surface area contributed by atoms with Crippen LogP contribution in [0.5, 0.6) is 0 Å². The summed E-state index contributed by atoms with van der Waals surface area (Å²) in [6.07, 6.45) is 3.26. The van der Waals surface area contributed by atoms with Gasteiger partial charge in [-0.15, -0.1) is 0 Å². The molecule has 0 bridgehead atoms. The molecule has 1 saturated carbocycles. The van der Waals surface area contributed by atoms with Crippen LogP contribution < -0.4 is 0 Å². The van der Waals surface area contributed by atoms with Crippen molar-refractivity contribution in [3.63, 3.8) is 0 Å². The van der Waals surface area contributed by atoms with E-state index in [1.165, 1.54) is 16.5 Å². The van der Waals surface area contributed by atoms with E-state index in [2.05, 4.69) is 91.2 Å². The topological polar surface area (TPSA) is 4.93 Å². The van der Waals surface area contributed by atoms with Crippen LogP contribution in [0.3, 0.4) is 0 Å². The molecule has 1 aromatic heterocycles. The summed E-state index contributed by atoms with van der Waals surface area (Å²) in [5.74, 6) is 7.32. The molecular formula is C21H19N. The van der Waals surface area contributed by atoms with Gasteiger partial charge >= 0.3 is 0 Å². The SMILES string of the molecule is Cn1ccc2cc(C#C[C@@H]3C[C@@]3(C)c3ccccc3)ccc21. The third-order valence-corrected chi connectivity index (χ3v) is 4.95. The summed E-state index contributed by atoms with van der Waals surface area (Å²) >= 11 is 0. The Morgan fingerprint density at radius 3 is 2.73 bits per heavy atom. The molecule has 1 aliphatic rings. The first-order chi connectivity index (χ1) is 10.7. The van der Waals surface area contributed by atoms with E-state index in [4.69, 9.17) is 0 Å². The minimum atomic E-state index is 0.241. The van der Waals surface area contributed by atoms with Crippen molar-refractivity contribution in [1.82, 2.24) is 4.57 Å². The van der Waals surface area contributed by atoms with Gasteiger partial charge in [-0.1, -0.05) is 49.1 Å². The molecule has 1 heteroatoms. The third kappa shape index (κ3) is 2.12. The van der Waals surface area contributed by atoms with Crippen LogP contribution >= 0.6 is 0 Å². The van der Waals surface area contributed by atoms with Crippen molar-refractivity contribution in [2.24, 2.45) is 13.0 Å². The lowest BCUT2D eigenvalue weighted by Crippen LogP contribution is -2.02. The second-order valence-corrected chi connectivity index (χ2v) is 6.51. The standard InChI is InChI=1S/C21H19N/c1-21(18-6-4-3-5-7-18)15-19(21)10-8-16-9-11-20-17(14-16)12-13-22(20)2/h3-7,9,11-14,19H,15H2,1-2H3/t19-,21+/m1/s1. The molecule has 1 fully saturated rings. The summed E-state index contributed by atoms with van der Waals surface area (Å²) in [5.41, 5.74) is 4.02. The van der Waals surface area contributed by atoms with Gasteiger partial charge in [-0.3, -0.25) is 0 Å². The molecular weight excluding hydrogens is 266 g/mol. The summed E-state index contributed by atoms with van der Waals surface area (Å²) in [7, 11) is 2.07. The van der Waals surface area contributed by atoms with E-state index >= 15 is 0 Å². The first-order valence-electron chi connectivity index (χ1n) is 7.79. The van der Waals surface area contributed by atoms with E-state index in [0.717, 1.165) is 12.0 Å². The van der Waals surface area contributed by atoms with Crippen molar-refractivity contribution >= 4 is 10.9 Å². The molecule has 0 aliphatic heterocycles. The van der Waals surface area contributed by atoms with E-state index in [0.29, 0.717) is 5.92 Å². The Morgan fingerprint density at radius 2 is 1.91 bits per heavy atom. The predicted molar refractivity (Wildman–Crippen MR) is 91.7 cm³/mol. The van der Waals surface area contributed by atoms with Gasteiger partial charge in [0.2, 0.25) is 0 Å². The van der Waals surface area contributed by atoms with Crippen LogP contribution in [0.2, 0.25) is 0 Å². The molecule has 108 valence electrons. The molecule has 22 heavy (non-hydrogen) atoms. The molecule has 1 aliphatic carbocycles. The molecule has 2 atom stereocenters. The maximum Gasteiger partial charge on any atom is 0.0478 e. The fourth-order valence-corrected chi connectivity index (χ4v) is 3.24. The average Bonchev–Trinajstić information content (AvgIpc) is 3.09. The highest BCUT2D eigenvalue weighted by Gasteiger charge is 2.50. The van der Waals surface area contributed by atoms with E-state index in [1.54, 1.807) is 0 Å². The first kappa shape index (κ1) is 13.2. The Bertz CT molecular complexity index is 892. The zero-order chi connectivity index (χ0) is 15.2. The van der Waals surface area contributed by atoms with Crippen LogP contribution in [-0.2, 0) is 12.5 Å². The number of hydrogen-bond acceptors (Lipinski definition) is 0. The van der Waals surface area contributed by atoms with Crippen molar-refractivity contribution in [2.75, 3.05) is 0 Å². The molecule has 4 rings (SSSR count). The normalized spacial score (nSPS) is 23.1. The fourth-order valence-electron chi connectivity index (χ4n) is 3.24. The maximum atomic E-state index is 3.48. The Hall–Kier alpha value is -2.46. The maximum absolute atomic E-state index is 3.48. The van der Waals surface area contributed by atoms with Gasteiger partial charge < -0.3 is 4.57 Å². The van der Waals surface area contributed by atoms with Gasteiger partial charge in [0.15, 0.2) is 0 Å². The number of nitrogens with zero attached hydrogens (tertiary/aromatic N) is 1. The zero-order valence-corrected chi connectivity index (χ0v) is 13.0. The van der Waals surface area contributed by atoms with Gasteiger partial charge in [0.05, 0.1) is 0 Å². The van der Waals surface area contributed by atoms with Crippen LogP contribution in [0.15, 0.2) is 60.8 Å². The van der Waals surface area contributed by atoms with Crippen molar-refractivity contribution in [3.8, 4) is 11.8 Å². The van der Waals surface area contributed by atoms with E-state index < -0.39 is 0 Å². The number of hydrogen-bond donors (Lipinski definition) is 0. The van der Waals surface area contributed by atoms with Gasteiger partial charge in [-0.25, -0.2) is 0 Å². The lowest BCUT2D eigenvalue weighted by atomic mass is 9.96. The highest BCUT2D eigenvalue weighted by atomic mass is 14.9. The number of rotatable bonds is 1. The molecule has 0 unspecified atom stereocenters. The molecule has 0 spiro atoms. The summed E-state index contributed by atoms with van der Waals surface area (Å²) in [6, 6.07) is 19.4. The third-order valence-electron chi connectivity index (χ3n) is 4.95. The lowest BCUT2D eigenvalue weighted by molar-refractivity contribution is 0.746. The molecule has 0 saturated heterocycles. The molecule has 0 N–H and O–H groups in total. The van der Waals surface area contributed by atoms with Crippen molar-refractivity contribution in [1.29, 1.82) is 0 Å². The predicted octanol–water partition coefficient (Wildman–Crippen LogP) is 4.51. The molecule has 0 radical (unpaired) electrons. The van der Waals surface area contributed by atoms with Gasteiger partial charge in [-0.05, 0) is 36.2 Å². The minimum absolute atomic E-state index is 0.241. The monoisotopic (exact) mass is 285 g/mol. The number of fused-ring (bicyclic) bond motifs is 1.